The highest BCUT2D eigenvalue weighted by atomic mass is 32.2. The van der Waals surface area contributed by atoms with Gasteiger partial charge in [0, 0.05) is 12.7 Å². The van der Waals surface area contributed by atoms with E-state index in [9.17, 15) is 13.2 Å². The molecule has 0 spiro atoms. The lowest BCUT2D eigenvalue weighted by atomic mass is 10.2. The summed E-state index contributed by atoms with van der Waals surface area (Å²) in [5.41, 5.74) is 2.01. The van der Waals surface area contributed by atoms with Crippen molar-refractivity contribution in [2.45, 2.75) is 11.8 Å². The minimum atomic E-state index is -3.90. The van der Waals surface area contributed by atoms with Gasteiger partial charge in [-0.1, -0.05) is 18.2 Å². The molecule has 1 N–H and O–H groups in total. The number of hydrogen-bond acceptors (Lipinski definition) is 5. The highest BCUT2D eigenvalue weighted by molar-refractivity contribution is 7.93. The van der Waals surface area contributed by atoms with Crippen LogP contribution in [0.25, 0.3) is 0 Å². The number of rotatable bonds is 6. The number of benzene rings is 2. The number of carbonyl (C=O) groups excluding carboxylic acids is 1. The first kappa shape index (κ1) is 19.9. The number of amides is 1. The van der Waals surface area contributed by atoms with Crippen molar-refractivity contribution in [2.75, 3.05) is 23.8 Å². The zero-order valence-electron chi connectivity index (χ0n) is 15.7. The first-order valence-electron chi connectivity index (χ1n) is 8.42. The number of carbonyl (C=O) groups is 1. The van der Waals surface area contributed by atoms with Crippen LogP contribution in [0, 0.1) is 6.92 Å². The van der Waals surface area contributed by atoms with Crippen molar-refractivity contribution in [3.63, 3.8) is 0 Å². The molecule has 8 heteroatoms. The predicted octanol–water partition coefficient (Wildman–Crippen LogP) is 4.14. The number of nitrogens with zero attached hydrogens (tertiary/aromatic N) is 1. The van der Waals surface area contributed by atoms with Crippen LogP contribution in [0.4, 0.5) is 11.4 Å². The van der Waals surface area contributed by atoms with Crippen molar-refractivity contribution in [2.24, 2.45) is 0 Å². The molecule has 3 rings (SSSR count). The Morgan fingerprint density at radius 1 is 1.07 bits per heavy atom. The van der Waals surface area contributed by atoms with Gasteiger partial charge in [0.1, 0.15) is 15.5 Å². The number of anilines is 2. The Labute approximate surface area is 168 Å². The first-order valence-corrected chi connectivity index (χ1v) is 10.7. The van der Waals surface area contributed by atoms with Gasteiger partial charge < -0.3 is 10.1 Å². The molecular weight excluding hydrogens is 396 g/mol. The Balaban J connectivity index is 1.90. The van der Waals surface area contributed by atoms with Crippen LogP contribution in [-0.4, -0.2) is 28.5 Å². The Morgan fingerprint density at radius 3 is 2.39 bits per heavy atom. The van der Waals surface area contributed by atoms with Crippen molar-refractivity contribution in [3.8, 4) is 5.75 Å². The van der Waals surface area contributed by atoms with E-state index >= 15 is 0 Å². The van der Waals surface area contributed by atoms with E-state index < -0.39 is 15.9 Å². The van der Waals surface area contributed by atoms with Gasteiger partial charge in [0.25, 0.3) is 15.9 Å². The molecule has 0 aliphatic rings. The van der Waals surface area contributed by atoms with E-state index in [2.05, 4.69) is 5.32 Å². The van der Waals surface area contributed by atoms with Gasteiger partial charge in [0.15, 0.2) is 0 Å². The average Bonchev–Trinajstić information content (AvgIpc) is 3.20. The molecule has 0 aliphatic carbocycles. The smallest absolute Gasteiger partial charge is 0.267 e. The molecular formula is C20H20N2O4S2. The monoisotopic (exact) mass is 416 g/mol. The summed E-state index contributed by atoms with van der Waals surface area (Å²) >= 11 is 1.09. The van der Waals surface area contributed by atoms with Crippen LogP contribution in [-0.2, 0) is 10.0 Å². The van der Waals surface area contributed by atoms with Crippen molar-refractivity contribution >= 4 is 38.6 Å². The van der Waals surface area contributed by atoms with E-state index in [-0.39, 0.29) is 9.77 Å². The molecule has 0 aliphatic heterocycles. The fraction of sp³-hybridized carbons (Fsp3) is 0.150. The topological polar surface area (TPSA) is 75.7 Å². The van der Waals surface area contributed by atoms with Gasteiger partial charge in [-0.25, -0.2) is 8.42 Å². The zero-order chi connectivity index (χ0) is 20.3. The SMILES string of the molecule is COc1ccc(N(C)S(=O)(=O)c2ccsc2C(=O)Nc2ccccc2C)cc1. The van der Waals surface area contributed by atoms with E-state index in [1.54, 1.807) is 42.8 Å². The van der Waals surface area contributed by atoms with Crippen LogP contribution in [0.2, 0.25) is 0 Å². The standard InChI is InChI=1S/C20H20N2O4S2/c1-14-6-4-5-7-17(14)21-20(23)19-18(12-13-27-19)28(24,25)22(2)15-8-10-16(26-3)11-9-15/h4-13H,1-3H3,(H,21,23). The summed E-state index contributed by atoms with van der Waals surface area (Å²) in [6.45, 7) is 1.87. The molecule has 3 aromatic rings. The van der Waals surface area contributed by atoms with Crippen molar-refractivity contribution < 1.29 is 17.9 Å². The molecule has 0 atom stereocenters. The lowest BCUT2D eigenvalue weighted by molar-refractivity contribution is 0.102. The molecule has 28 heavy (non-hydrogen) atoms. The summed E-state index contributed by atoms with van der Waals surface area (Å²) in [5, 5.41) is 4.39. The van der Waals surface area contributed by atoms with Gasteiger partial charge in [-0.05, 0) is 54.3 Å². The number of hydrogen-bond donors (Lipinski definition) is 1. The number of sulfonamides is 1. The summed E-state index contributed by atoms with van der Waals surface area (Å²) in [6.07, 6.45) is 0. The van der Waals surface area contributed by atoms with Gasteiger partial charge >= 0.3 is 0 Å². The second kappa shape index (κ2) is 8.04. The van der Waals surface area contributed by atoms with Gasteiger partial charge in [0.2, 0.25) is 0 Å². The lowest BCUT2D eigenvalue weighted by Gasteiger charge is -2.20. The number of methoxy groups -OCH3 is 1. The molecule has 0 saturated heterocycles. The maximum atomic E-state index is 13.1. The van der Waals surface area contributed by atoms with E-state index in [1.807, 2.05) is 25.1 Å². The van der Waals surface area contributed by atoms with E-state index in [4.69, 9.17) is 4.74 Å². The highest BCUT2D eigenvalue weighted by Crippen LogP contribution is 2.29. The Hall–Kier alpha value is -2.84. The van der Waals surface area contributed by atoms with Crippen molar-refractivity contribution in [1.29, 1.82) is 0 Å². The minimum absolute atomic E-state index is 0.0260. The molecule has 0 radical (unpaired) electrons. The average molecular weight is 417 g/mol. The molecule has 0 fully saturated rings. The third kappa shape index (κ3) is 3.88. The fourth-order valence-corrected chi connectivity index (χ4v) is 5.13. The summed E-state index contributed by atoms with van der Waals surface area (Å²) in [4.78, 5) is 12.9. The number of ether oxygens (including phenoxy) is 1. The first-order chi connectivity index (χ1) is 13.3. The van der Waals surface area contributed by atoms with Crippen LogP contribution in [0.5, 0.6) is 5.75 Å². The molecule has 0 unspecified atom stereocenters. The van der Waals surface area contributed by atoms with Crippen molar-refractivity contribution in [3.05, 3.63) is 70.4 Å². The van der Waals surface area contributed by atoms with Gasteiger partial charge in [-0.3, -0.25) is 9.10 Å². The van der Waals surface area contributed by atoms with Crippen LogP contribution in [0.1, 0.15) is 15.2 Å². The summed E-state index contributed by atoms with van der Waals surface area (Å²) in [5.74, 6) is 0.175. The molecule has 0 saturated carbocycles. The quantitative estimate of drug-likeness (QED) is 0.655. The van der Waals surface area contributed by atoms with E-state index in [0.29, 0.717) is 17.1 Å². The minimum Gasteiger partial charge on any atom is -0.497 e. The third-order valence-corrected chi connectivity index (χ3v) is 7.17. The number of thiophene rings is 1. The summed E-state index contributed by atoms with van der Waals surface area (Å²) < 4.78 is 32.5. The Bertz CT molecular complexity index is 1090. The maximum absolute atomic E-state index is 13.1. The largest absolute Gasteiger partial charge is 0.497 e. The Morgan fingerprint density at radius 2 is 1.75 bits per heavy atom. The van der Waals surface area contributed by atoms with Crippen LogP contribution < -0.4 is 14.4 Å². The van der Waals surface area contributed by atoms with Gasteiger partial charge in [-0.2, -0.15) is 0 Å². The van der Waals surface area contributed by atoms with Gasteiger partial charge in [-0.15, -0.1) is 11.3 Å². The summed E-state index contributed by atoms with van der Waals surface area (Å²) in [6, 6.07) is 15.4. The molecule has 1 aromatic heterocycles. The molecule has 2 aromatic carbocycles. The molecule has 1 heterocycles. The molecule has 1 amide bonds. The Kier molecular flexibility index (Phi) is 5.71. The third-order valence-electron chi connectivity index (χ3n) is 4.30. The molecule has 0 bridgehead atoms. The molecule has 146 valence electrons. The predicted molar refractivity (Wildman–Crippen MR) is 112 cm³/mol. The van der Waals surface area contributed by atoms with Crippen LogP contribution in [0.3, 0.4) is 0 Å². The van der Waals surface area contributed by atoms with E-state index in [0.717, 1.165) is 21.2 Å². The maximum Gasteiger partial charge on any atom is 0.267 e. The normalized spacial score (nSPS) is 11.1. The number of para-hydroxylation sites is 1. The zero-order valence-corrected chi connectivity index (χ0v) is 17.3. The van der Waals surface area contributed by atoms with Crippen LogP contribution in [0.15, 0.2) is 64.9 Å². The highest BCUT2D eigenvalue weighted by Gasteiger charge is 2.28. The second-order valence-electron chi connectivity index (χ2n) is 6.05. The van der Waals surface area contributed by atoms with Gasteiger partial charge in [0.05, 0.1) is 12.8 Å². The number of nitrogens with one attached hydrogen (secondary N) is 1. The number of aryl methyl sites for hydroxylation is 1. The van der Waals surface area contributed by atoms with E-state index in [1.165, 1.54) is 13.1 Å². The fourth-order valence-electron chi connectivity index (χ4n) is 2.64. The second-order valence-corrected chi connectivity index (χ2v) is 8.91. The molecule has 6 nitrogen and oxygen atoms in total. The lowest BCUT2D eigenvalue weighted by Crippen LogP contribution is -2.28. The summed E-state index contributed by atoms with van der Waals surface area (Å²) in [7, 11) is -0.906. The van der Waals surface area contributed by atoms with Crippen molar-refractivity contribution in [1.82, 2.24) is 0 Å². The van der Waals surface area contributed by atoms with Crippen LogP contribution >= 0.6 is 11.3 Å².